The lowest BCUT2D eigenvalue weighted by Crippen LogP contribution is -2.26. The second kappa shape index (κ2) is 4.58. The van der Waals surface area contributed by atoms with Crippen LogP contribution < -0.4 is 10.6 Å². The molecule has 1 aliphatic rings. The van der Waals surface area contributed by atoms with Gasteiger partial charge in [0.1, 0.15) is 11.6 Å². The summed E-state index contributed by atoms with van der Waals surface area (Å²) < 4.78 is 26.6. The molecule has 0 saturated carbocycles. The highest BCUT2D eigenvalue weighted by Crippen LogP contribution is 2.30. The third-order valence-electron chi connectivity index (χ3n) is 2.82. The maximum atomic E-state index is 13.6. The van der Waals surface area contributed by atoms with Gasteiger partial charge in [0.2, 0.25) is 5.91 Å². The van der Waals surface area contributed by atoms with Gasteiger partial charge in [-0.1, -0.05) is 11.6 Å². The van der Waals surface area contributed by atoms with Crippen molar-refractivity contribution in [2.24, 2.45) is 11.7 Å². The van der Waals surface area contributed by atoms with Crippen molar-refractivity contribution in [2.45, 2.75) is 6.42 Å². The van der Waals surface area contributed by atoms with Gasteiger partial charge in [-0.05, 0) is 18.5 Å². The summed E-state index contributed by atoms with van der Waals surface area (Å²) in [6.07, 6.45) is 0.283. The minimum absolute atomic E-state index is 0.00530. The number of amides is 1. The molecule has 1 saturated heterocycles. The fraction of sp³-hybridized carbons (Fsp3) is 0.364. The molecule has 2 rings (SSSR count). The number of hydrogen-bond acceptors (Lipinski definition) is 2. The van der Waals surface area contributed by atoms with Gasteiger partial charge in [0.25, 0.3) is 0 Å². The van der Waals surface area contributed by atoms with Crippen molar-refractivity contribution in [1.29, 1.82) is 0 Å². The van der Waals surface area contributed by atoms with Gasteiger partial charge in [0.15, 0.2) is 0 Å². The van der Waals surface area contributed by atoms with E-state index in [4.69, 9.17) is 17.3 Å². The number of carbonyl (C=O) groups excluding carboxylic acids is 1. The van der Waals surface area contributed by atoms with Gasteiger partial charge in [-0.15, -0.1) is 0 Å². The SMILES string of the molecule is NCC1CC(=O)N(c2cc(Cl)c(F)cc2F)C1. The Morgan fingerprint density at radius 3 is 2.71 bits per heavy atom. The lowest BCUT2D eigenvalue weighted by atomic mass is 10.1. The Bertz CT molecular complexity index is 467. The van der Waals surface area contributed by atoms with Gasteiger partial charge in [0, 0.05) is 19.0 Å². The largest absolute Gasteiger partial charge is 0.330 e. The highest BCUT2D eigenvalue weighted by atomic mass is 35.5. The molecule has 92 valence electrons. The van der Waals surface area contributed by atoms with E-state index in [2.05, 4.69) is 0 Å². The zero-order valence-corrected chi connectivity index (χ0v) is 9.68. The molecule has 1 fully saturated rings. The average molecular weight is 261 g/mol. The Hall–Kier alpha value is -1.20. The van der Waals surface area contributed by atoms with E-state index in [1.807, 2.05) is 0 Å². The van der Waals surface area contributed by atoms with Crippen molar-refractivity contribution in [1.82, 2.24) is 0 Å². The molecule has 1 aromatic rings. The van der Waals surface area contributed by atoms with E-state index in [0.29, 0.717) is 19.2 Å². The normalized spacial score (nSPS) is 20.1. The number of anilines is 1. The molecular formula is C11H11ClF2N2O. The molecule has 1 amide bonds. The van der Waals surface area contributed by atoms with Crippen LogP contribution in [0.2, 0.25) is 5.02 Å². The number of carbonyl (C=O) groups is 1. The Morgan fingerprint density at radius 1 is 1.41 bits per heavy atom. The van der Waals surface area contributed by atoms with Crippen LogP contribution >= 0.6 is 11.6 Å². The Kier molecular flexibility index (Phi) is 3.31. The molecule has 1 atom stereocenters. The van der Waals surface area contributed by atoms with E-state index in [0.717, 1.165) is 6.07 Å². The first-order valence-electron chi connectivity index (χ1n) is 5.18. The monoisotopic (exact) mass is 260 g/mol. The molecule has 2 N–H and O–H groups in total. The van der Waals surface area contributed by atoms with E-state index >= 15 is 0 Å². The summed E-state index contributed by atoms with van der Waals surface area (Å²) in [5, 5.41) is -0.203. The zero-order valence-electron chi connectivity index (χ0n) is 8.92. The second-order valence-corrected chi connectivity index (χ2v) is 4.44. The lowest BCUT2D eigenvalue weighted by Gasteiger charge is -2.17. The molecule has 0 radical (unpaired) electrons. The molecule has 0 bridgehead atoms. The predicted octanol–water partition coefficient (Wildman–Crippen LogP) is 1.93. The molecule has 1 aromatic carbocycles. The van der Waals surface area contributed by atoms with Crippen LogP contribution in [0.1, 0.15) is 6.42 Å². The van der Waals surface area contributed by atoms with E-state index in [-0.39, 0.29) is 29.0 Å². The Balaban J connectivity index is 2.35. The third kappa shape index (κ3) is 2.25. The molecule has 0 spiro atoms. The van der Waals surface area contributed by atoms with Crippen LogP contribution in [0.25, 0.3) is 0 Å². The summed E-state index contributed by atoms with van der Waals surface area (Å²) in [4.78, 5) is 12.9. The maximum Gasteiger partial charge on any atom is 0.227 e. The van der Waals surface area contributed by atoms with Crippen LogP contribution in [0.4, 0.5) is 14.5 Å². The Morgan fingerprint density at radius 2 is 2.12 bits per heavy atom. The van der Waals surface area contributed by atoms with Gasteiger partial charge in [-0.25, -0.2) is 8.78 Å². The molecule has 17 heavy (non-hydrogen) atoms. The Labute approximate surface area is 102 Å². The maximum absolute atomic E-state index is 13.6. The molecular weight excluding hydrogens is 250 g/mol. The molecule has 3 nitrogen and oxygen atoms in total. The smallest absolute Gasteiger partial charge is 0.227 e. The van der Waals surface area contributed by atoms with Crippen LogP contribution in [-0.2, 0) is 4.79 Å². The summed E-state index contributed by atoms with van der Waals surface area (Å²) in [6, 6.07) is 1.81. The van der Waals surface area contributed by atoms with Crippen molar-refractivity contribution >= 4 is 23.2 Å². The average Bonchev–Trinajstić information content (AvgIpc) is 2.65. The number of rotatable bonds is 2. The predicted molar refractivity (Wildman–Crippen MR) is 60.9 cm³/mol. The van der Waals surface area contributed by atoms with Crippen molar-refractivity contribution in [3.05, 3.63) is 28.8 Å². The highest BCUT2D eigenvalue weighted by molar-refractivity contribution is 6.31. The van der Waals surface area contributed by atoms with Crippen molar-refractivity contribution in [3.63, 3.8) is 0 Å². The summed E-state index contributed by atoms with van der Waals surface area (Å²) in [5.74, 6) is -1.85. The van der Waals surface area contributed by atoms with Crippen LogP contribution in [0.15, 0.2) is 12.1 Å². The lowest BCUT2D eigenvalue weighted by molar-refractivity contribution is -0.117. The highest BCUT2D eigenvalue weighted by Gasteiger charge is 2.31. The molecule has 6 heteroatoms. The summed E-state index contributed by atoms with van der Waals surface area (Å²) >= 11 is 5.58. The van der Waals surface area contributed by atoms with Crippen LogP contribution in [0.5, 0.6) is 0 Å². The molecule has 1 aliphatic heterocycles. The van der Waals surface area contributed by atoms with Crippen molar-refractivity contribution in [2.75, 3.05) is 18.0 Å². The van der Waals surface area contributed by atoms with Gasteiger partial charge < -0.3 is 10.6 Å². The van der Waals surface area contributed by atoms with E-state index in [1.54, 1.807) is 0 Å². The first-order valence-corrected chi connectivity index (χ1v) is 5.55. The second-order valence-electron chi connectivity index (χ2n) is 4.03. The topological polar surface area (TPSA) is 46.3 Å². The summed E-state index contributed by atoms with van der Waals surface area (Å²) in [7, 11) is 0. The number of nitrogens with two attached hydrogens (primary N) is 1. The number of hydrogen-bond donors (Lipinski definition) is 1. The minimum atomic E-state index is -0.838. The van der Waals surface area contributed by atoms with Crippen LogP contribution in [0.3, 0.4) is 0 Å². The quantitative estimate of drug-likeness (QED) is 0.826. The third-order valence-corrected chi connectivity index (χ3v) is 3.11. The first kappa shape index (κ1) is 12.3. The first-order chi connectivity index (χ1) is 8.02. The summed E-state index contributed by atoms with van der Waals surface area (Å²) in [6.45, 7) is 0.701. The standard InChI is InChI=1S/C11H11ClF2N2O/c12-7-2-10(9(14)3-8(7)13)16-5-6(4-15)1-11(16)17/h2-3,6H,1,4-5,15H2. The van der Waals surface area contributed by atoms with Gasteiger partial charge >= 0.3 is 0 Å². The van der Waals surface area contributed by atoms with Crippen LogP contribution in [-0.4, -0.2) is 19.0 Å². The van der Waals surface area contributed by atoms with E-state index in [1.165, 1.54) is 4.90 Å². The fourth-order valence-corrected chi connectivity index (χ4v) is 2.05. The number of halogens is 3. The van der Waals surface area contributed by atoms with E-state index < -0.39 is 11.6 Å². The van der Waals surface area contributed by atoms with Crippen LogP contribution in [0, 0.1) is 17.6 Å². The molecule has 1 heterocycles. The van der Waals surface area contributed by atoms with Crippen molar-refractivity contribution in [3.8, 4) is 0 Å². The summed E-state index contributed by atoms with van der Waals surface area (Å²) in [5.41, 5.74) is 5.48. The fourth-order valence-electron chi connectivity index (χ4n) is 1.89. The van der Waals surface area contributed by atoms with Gasteiger partial charge in [-0.2, -0.15) is 0 Å². The minimum Gasteiger partial charge on any atom is -0.330 e. The van der Waals surface area contributed by atoms with Gasteiger partial charge in [-0.3, -0.25) is 4.79 Å². The number of nitrogens with zero attached hydrogens (tertiary/aromatic N) is 1. The molecule has 0 aliphatic carbocycles. The van der Waals surface area contributed by atoms with E-state index in [9.17, 15) is 13.6 Å². The van der Waals surface area contributed by atoms with Crippen molar-refractivity contribution < 1.29 is 13.6 Å². The number of benzene rings is 1. The molecule has 0 aromatic heterocycles. The zero-order chi connectivity index (χ0) is 12.6. The molecule has 1 unspecified atom stereocenters. The van der Waals surface area contributed by atoms with Gasteiger partial charge in [0.05, 0.1) is 10.7 Å².